The van der Waals surface area contributed by atoms with E-state index in [1.54, 1.807) is 13.0 Å². The predicted octanol–water partition coefficient (Wildman–Crippen LogP) is 5.22. The number of hydrogen-bond donors (Lipinski definition) is 1. The first-order valence-electron chi connectivity index (χ1n) is 6.90. The number of halogens is 2. The second kappa shape index (κ2) is 8.81. The molecule has 2 aromatic rings. The molecular weight excluding hydrogens is 366 g/mol. The van der Waals surface area contributed by atoms with Gasteiger partial charge in [-0.2, -0.15) is 0 Å². The highest BCUT2D eigenvalue weighted by molar-refractivity contribution is 9.10. The first-order valence-corrected chi connectivity index (χ1v) is 7.70. The summed E-state index contributed by atoms with van der Waals surface area (Å²) in [4.78, 5) is 12.0. The number of esters is 1. The average molecular weight is 385 g/mol. The quantitative estimate of drug-likeness (QED) is 0.718. The molecule has 0 aliphatic rings. The van der Waals surface area contributed by atoms with Crippen LogP contribution in [0.15, 0.2) is 53.0 Å². The zero-order chi connectivity index (χ0) is 15.2. The molecule has 0 saturated carbocycles. The lowest BCUT2D eigenvalue weighted by atomic mass is 10.1. The minimum Gasteiger partial charge on any atom is -0.462 e. The van der Waals surface area contributed by atoms with Gasteiger partial charge in [0.15, 0.2) is 0 Å². The molecule has 0 aromatic heterocycles. The van der Waals surface area contributed by atoms with Crippen LogP contribution in [-0.2, 0) is 4.74 Å². The van der Waals surface area contributed by atoms with Crippen LogP contribution < -0.4 is 5.32 Å². The zero-order valence-corrected chi connectivity index (χ0v) is 14.9. The van der Waals surface area contributed by atoms with E-state index < -0.39 is 0 Å². The Hall–Kier alpha value is -1.52. The van der Waals surface area contributed by atoms with Crippen molar-refractivity contribution in [1.82, 2.24) is 0 Å². The van der Waals surface area contributed by atoms with E-state index in [1.807, 2.05) is 36.4 Å². The molecule has 0 radical (unpaired) electrons. The number of rotatable bonds is 5. The third-order valence-corrected chi connectivity index (χ3v) is 3.89. The van der Waals surface area contributed by atoms with Gasteiger partial charge in [0.25, 0.3) is 0 Å². The van der Waals surface area contributed by atoms with Crippen LogP contribution in [-0.4, -0.2) is 12.6 Å². The van der Waals surface area contributed by atoms with E-state index >= 15 is 0 Å². The van der Waals surface area contributed by atoms with Gasteiger partial charge in [-0.15, -0.1) is 12.4 Å². The van der Waals surface area contributed by atoms with Crippen LogP contribution in [0.3, 0.4) is 0 Å². The average Bonchev–Trinajstić information content (AvgIpc) is 2.48. The van der Waals surface area contributed by atoms with Gasteiger partial charge in [-0.3, -0.25) is 0 Å². The third kappa shape index (κ3) is 4.49. The van der Waals surface area contributed by atoms with Crippen molar-refractivity contribution in [3.63, 3.8) is 0 Å². The third-order valence-electron chi connectivity index (χ3n) is 3.17. The lowest BCUT2D eigenvalue weighted by Gasteiger charge is -2.19. The van der Waals surface area contributed by atoms with Gasteiger partial charge in [0.05, 0.1) is 12.2 Å². The molecular formula is C17H19BrClNO2. The molecule has 22 heavy (non-hydrogen) atoms. The van der Waals surface area contributed by atoms with Gasteiger partial charge in [-0.1, -0.05) is 46.3 Å². The lowest BCUT2D eigenvalue weighted by Crippen LogP contribution is -2.12. The van der Waals surface area contributed by atoms with Crippen LogP contribution in [0.25, 0.3) is 0 Å². The number of nitrogens with one attached hydrogen (secondary N) is 1. The molecule has 0 amide bonds. The fraction of sp³-hybridized carbons (Fsp3) is 0.235. The minimum absolute atomic E-state index is 0. The summed E-state index contributed by atoms with van der Waals surface area (Å²) in [5, 5.41) is 3.38. The fourth-order valence-electron chi connectivity index (χ4n) is 2.13. The molecule has 1 atom stereocenters. The van der Waals surface area contributed by atoms with Gasteiger partial charge >= 0.3 is 5.97 Å². The Morgan fingerprint density at radius 1 is 1.18 bits per heavy atom. The Kier molecular flexibility index (Phi) is 7.42. The van der Waals surface area contributed by atoms with E-state index in [2.05, 4.69) is 34.2 Å². The molecule has 0 heterocycles. The van der Waals surface area contributed by atoms with Crippen LogP contribution in [0.4, 0.5) is 5.69 Å². The van der Waals surface area contributed by atoms with Gasteiger partial charge in [0, 0.05) is 16.2 Å². The molecule has 0 aliphatic carbocycles. The van der Waals surface area contributed by atoms with Gasteiger partial charge in [0.2, 0.25) is 0 Å². The van der Waals surface area contributed by atoms with Crippen molar-refractivity contribution in [1.29, 1.82) is 0 Å². The molecule has 5 heteroatoms. The number of anilines is 1. The van der Waals surface area contributed by atoms with E-state index in [0.717, 1.165) is 15.7 Å². The molecule has 0 spiro atoms. The Labute approximate surface area is 145 Å². The number of para-hydroxylation sites is 1. The zero-order valence-electron chi connectivity index (χ0n) is 12.5. The molecule has 3 nitrogen and oxygen atoms in total. The van der Waals surface area contributed by atoms with Gasteiger partial charge in [0.1, 0.15) is 0 Å². The Morgan fingerprint density at radius 2 is 1.82 bits per heavy atom. The number of carbonyl (C=O) groups excluding carboxylic acids is 1. The SMILES string of the molecule is CCOC(=O)c1ccccc1NC(C)c1ccccc1Br.Cl. The first-order chi connectivity index (χ1) is 10.1. The van der Waals surface area contributed by atoms with Gasteiger partial charge in [-0.25, -0.2) is 4.79 Å². The molecule has 0 fully saturated rings. The van der Waals surface area contributed by atoms with E-state index in [4.69, 9.17) is 4.74 Å². The summed E-state index contributed by atoms with van der Waals surface area (Å²) in [6.07, 6.45) is 0. The van der Waals surface area contributed by atoms with E-state index in [0.29, 0.717) is 12.2 Å². The molecule has 2 rings (SSSR count). The summed E-state index contributed by atoms with van der Waals surface area (Å²) in [6, 6.07) is 15.5. The maximum atomic E-state index is 12.0. The predicted molar refractivity (Wildman–Crippen MR) is 95.8 cm³/mol. The topological polar surface area (TPSA) is 38.3 Å². The normalized spacial score (nSPS) is 11.2. The van der Waals surface area contributed by atoms with Crippen LogP contribution in [0.1, 0.15) is 35.8 Å². The van der Waals surface area contributed by atoms with Crippen molar-refractivity contribution in [2.24, 2.45) is 0 Å². The van der Waals surface area contributed by atoms with Crippen molar-refractivity contribution >= 4 is 40.0 Å². The van der Waals surface area contributed by atoms with Crippen molar-refractivity contribution < 1.29 is 9.53 Å². The highest BCUT2D eigenvalue weighted by Gasteiger charge is 2.15. The standard InChI is InChI=1S/C17H18BrNO2.ClH/c1-3-21-17(20)14-9-5-7-11-16(14)19-12(2)13-8-4-6-10-15(13)18;/h4-12,19H,3H2,1-2H3;1H. The van der Waals surface area contributed by atoms with Crippen molar-refractivity contribution in [3.8, 4) is 0 Å². The lowest BCUT2D eigenvalue weighted by molar-refractivity contribution is 0.0527. The summed E-state index contributed by atoms with van der Waals surface area (Å²) in [5.41, 5.74) is 2.47. The fourth-order valence-corrected chi connectivity index (χ4v) is 2.76. The molecule has 2 aromatic carbocycles. The van der Waals surface area contributed by atoms with Crippen molar-refractivity contribution in [2.75, 3.05) is 11.9 Å². The molecule has 1 N–H and O–H groups in total. The monoisotopic (exact) mass is 383 g/mol. The van der Waals surface area contributed by atoms with Crippen molar-refractivity contribution in [3.05, 3.63) is 64.1 Å². The Bertz CT molecular complexity index is 634. The maximum absolute atomic E-state index is 12.0. The second-order valence-electron chi connectivity index (χ2n) is 4.65. The smallest absolute Gasteiger partial charge is 0.340 e. The van der Waals surface area contributed by atoms with E-state index in [1.165, 1.54) is 0 Å². The summed E-state index contributed by atoms with van der Waals surface area (Å²) < 4.78 is 6.13. The highest BCUT2D eigenvalue weighted by atomic mass is 79.9. The molecule has 0 saturated heterocycles. The summed E-state index contributed by atoms with van der Waals surface area (Å²) in [7, 11) is 0. The van der Waals surface area contributed by atoms with Gasteiger partial charge < -0.3 is 10.1 Å². The van der Waals surface area contributed by atoms with Crippen LogP contribution in [0.2, 0.25) is 0 Å². The number of carbonyl (C=O) groups is 1. The summed E-state index contributed by atoms with van der Waals surface area (Å²) in [6.45, 7) is 4.23. The summed E-state index contributed by atoms with van der Waals surface area (Å²) in [5.74, 6) is -0.306. The highest BCUT2D eigenvalue weighted by Crippen LogP contribution is 2.27. The second-order valence-corrected chi connectivity index (χ2v) is 5.51. The number of hydrogen-bond acceptors (Lipinski definition) is 3. The number of ether oxygens (including phenoxy) is 1. The van der Waals surface area contributed by atoms with E-state index in [9.17, 15) is 4.79 Å². The van der Waals surface area contributed by atoms with Crippen LogP contribution >= 0.6 is 28.3 Å². The van der Waals surface area contributed by atoms with E-state index in [-0.39, 0.29) is 24.4 Å². The van der Waals surface area contributed by atoms with Crippen LogP contribution in [0, 0.1) is 0 Å². The first kappa shape index (κ1) is 18.5. The molecule has 118 valence electrons. The Morgan fingerprint density at radius 3 is 2.50 bits per heavy atom. The molecule has 0 bridgehead atoms. The largest absolute Gasteiger partial charge is 0.462 e. The maximum Gasteiger partial charge on any atom is 0.340 e. The minimum atomic E-state index is -0.306. The Balaban J connectivity index is 0.00000242. The molecule has 0 aliphatic heterocycles. The van der Waals surface area contributed by atoms with Crippen LogP contribution in [0.5, 0.6) is 0 Å². The van der Waals surface area contributed by atoms with Gasteiger partial charge in [-0.05, 0) is 37.6 Å². The van der Waals surface area contributed by atoms with Crippen molar-refractivity contribution in [2.45, 2.75) is 19.9 Å². The summed E-state index contributed by atoms with van der Waals surface area (Å²) >= 11 is 3.55. The number of benzene rings is 2. The molecule has 1 unspecified atom stereocenters.